The van der Waals surface area contributed by atoms with Gasteiger partial charge in [0.25, 0.3) is 10.0 Å². The lowest BCUT2D eigenvalue weighted by molar-refractivity contribution is -0.114. The van der Waals surface area contributed by atoms with Crippen LogP contribution in [0.15, 0.2) is 65.6 Å². The highest BCUT2D eigenvalue weighted by Crippen LogP contribution is 2.36. The maximum Gasteiger partial charge on any atom is 0.261 e. The number of hydrogen-bond donors (Lipinski definition) is 2. The molecule has 4 rings (SSSR count). The Morgan fingerprint density at radius 3 is 2.38 bits per heavy atom. The van der Waals surface area contributed by atoms with Crippen molar-refractivity contribution in [2.24, 2.45) is 0 Å². The number of rotatable bonds is 9. The van der Waals surface area contributed by atoms with Gasteiger partial charge >= 0.3 is 0 Å². The molecule has 14 heteroatoms. The van der Waals surface area contributed by atoms with E-state index in [-0.39, 0.29) is 44.5 Å². The van der Waals surface area contributed by atoms with E-state index < -0.39 is 32.5 Å². The van der Waals surface area contributed by atoms with E-state index in [4.69, 9.17) is 32.7 Å². The zero-order valence-corrected chi connectivity index (χ0v) is 22.4. The van der Waals surface area contributed by atoms with Crippen molar-refractivity contribution in [1.82, 2.24) is 0 Å². The first-order valence-corrected chi connectivity index (χ1v) is 14.6. The molecule has 3 aromatic carbocycles. The topological polar surface area (TPSA) is 131 Å². The van der Waals surface area contributed by atoms with Crippen molar-refractivity contribution in [3.8, 4) is 11.5 Å². The van der Waals surface area contributed by atoms with Crippen LogP contribution in [0.3, 0.4) is 0 Å². The zero-order chi connectivity index (χ0) is 26.8. The van der Waals surface area contributed by atoms with Crippen molar-refractivity contribution in [1.29, 1.82) is 0 Å². The average Bonchev–Trinajstić information content (AvgIpc) is 3.33. The molecule has 1 aliphatic heterocycles. The molecule has 37 heavy (non-hydrogen) atoms. The smallest absolute Gasteiger partial charge is 0.261 e. The summed E-state index contributed by atoms with van der Waals surface area (Å²) in [6.07, 6.45) is 0. The maximum absolute atomic E-state index is 12.8. The lowest BCUT2D eigenvalue weighted by Gasteiger charge is -2.23. The largest absolute Gasteiger partial charge is 0.454 e. The molecule has 0 radical (unpaired) electrons. The van der Waals surface area contributed by atoms with E-state index in [1.54, 1.807) is 12.1 Å². The summed E-state index contributed by atoms with van der Waals surface area (Å²) in [5.41, 5.74) is 0.630. The fraction of sp³-hybridized carbons (Fsp3) is 0.174. The number of ether oxygens (including phenoxy) is 2. The van der Waals surface area contributed by atoms with E-state index in [2.05, 4.69) is 10.0 Å². The third-order valence-corrected chi connectivity index (χ3v) is 9.22. The monoisotopic (exact) mass is 585 g/mol. The fourth-order valence-corrected chi connectivity index (χ4v) is 5.92. The molecule has 0 aromatic heterocycles. The van der Waals surface area contributed by atoms with Crippen LogP contribution >= 0.6 is 23.2 Å². The van der Waals surface area contributed by atoms with E-state index in [1.807, 2.05) is 0 Å². The van der Waals surface area contributed by atoms with Crippen LogP contribution in [0.5, 0.6) is 11.5 Å². The van der Waals surface area contributed by atoms with Gasteiger partial charge in [0.15, 0.2) is 11.5 Å². The first kappa shape index (κ1) is 26.9. The van der Waals surface area contributed by atoms with Crippen molar-refractivity contribution < 1.29 is 31.1 Å². The maximum atomic E-state index is 12.8. The summed E-state index contributed by atoms with van der Waals surface area (Å²) in [5, 5.41) is 2.84. The van der Waals surface area contributed by atoms with E-state index in [1.165, 1.54) is 55.5 Å². The number of carbonyl (C=O) groups is 1. The molecule has 0 unspecified atom stereocenters. The highest BCUT2D eigenvalue weighted by molar-refractivity contribution is 7.93. The minimum atomic E-state index is -4.00. The van der Waals surface area contributed by atoms with Gasteiger partial charge in [0.2, 0.25) is 22.7 Å². The Labute approximate surface area is 224 Å². The summed E-state index contributed by atoms with van der Waals surface area (Å²) in [5.74, 6) is -0.0118. The molecule has 0 aliphatic carbocycles. The molecule has 0 saturated heterocycles. The number of anilines is 3. The summed E-state index contributed by atoms with van der Waals surface area (Å²) >= 11 is 12.0. The second-order valence-corrected chi connectivity index (χ2v) is 12.4. The predicted octanol–water partition coefficient (Wildman–Crippen LogP) is 4.32. The number of benzene rings is 3. The van der Waals surface area contributed by atoms with Crippen LogP contribution in [0.2, 0.25) is 10.0 Å². The Morgan fingerprint density at radius 2 is 1.68 bits per heavy atom. The third-order valence-electron chi connectivity index (χ3n) is 5.28. The minimum Gasteiger partial charge on any atom is -0.454 e. The van der Waals surface area contributed by atoms with Crippen molar-refractivity contribution >= 4 is 66.2 Å². The molecule has 1 aliphatic rings. The number of amides is 1. The zero-order valence-electron chi connectivity index (χ0n) is 19.3. The Bertz CT molecular complexity index is 1550. The second kappa shape index (κ2) is 10.7. The standard InChI is InChI=1S/C23H21Cl2N3O7S2/c1-2-36(30,31)28(16-8-11-20-21(12-16)35-14-34-20)13-22(29)26-15-6-9-17(10-7-15)37(32,33)27-19-5-3-4-18(24)23(19)25/h3-12,27H,2,13-14H2,1H3,(H,26,29). The van der Waals surface area contributed by atoms with Crippen LogP contribution in [0.1, 0.15) is 6.92 Å². The number of sulfonamides is 2. The molecule has 0 saturated carbocycles. The van der Waals surface area contributed by atoms with Gasteiger partial charge in [0, 0.05) is 11.8 Å². The summed E-state index contributed by atoms with van der Waals surface area (Å²) in [6, 6.07) is 14.5. The first-order chi connectivity index (χ1) is 17.5. The lowest BCUT2D eigenvalue weighted by atomic mass is 10.2. The third kappa shape index (κ3) is 6.04. The van der Waals surface area contributed by atoms with Crippen LogP contribution in [0, 0.1) is 0 Å². The Kier molecular flexibility index (Phi) is 7.74. The van der Waals surface area contributed by atoms with Crippen molar-refractivity contribution in [2.45, 2.75) is 11.8 Å². The number of nitrogens with one attached hydrogen (secondary N) is 2. The van der Waals surface area contributed by atoms with Crippen LogP contribution < -0.4 is 23.8 Å². The number of hydrogen-bond acceptors (Lipinski definition) is 7. The number of nitrogens with zero attached hydrogens (tertiary/aromatic N) is 1. The molecule has 0 bridgehead atoms. The van der Waals surface area contributed by atoms with Gasteiger partial charge in [-0.2, -0.15) is 0 Å². The van der Waals surface area contributed by atoms with Crippen LogP contribution in [-0.4, -0.2) is 41.8 Å². The quantitative estimate of drug-likeness (QED) is 0.382. The molecule has 0 atom stereocenters. The van der Waals surface area contributed by atoms with Gasteiger partial charge in [-0.25, -0.2) is 16.8 Å². The highest BCUT2D eigenvalue weighted by atomic mass is 35.5. The molecule has 10 nitrogen and oxygen atoms in total. The van der Waals surface area contributed by atoms with Gasteiger partial charge < -0.3 is 14.8 Å². The van der Waals surface area contributed by atoms with Crippen LogP contribution in [0.4, 0.5) is 17.1 Å². The SMILES string of the molecule is CCS(=O)(=O)N(CC(=O)Nc1ccc(S(=O)(=O)Nc2cccc(Cl)c2Cl)cc1)c1ccc2c(c1)OCO2. The molecule has 196 valence electrons. The molecular weight excluding hydrogens is 565 g/mol. The van der Waals surface area contributed by atoms with Gasteiger partial charge in [0.05, 0.1) is 32.1 Å². The summed E-state index contributed by atoms with van der Waals surface area (Å²) < 4.78 is 64.8. The van der Waals surface area contributed by atoms with E-state index in [0.29, 0.717) is 11.5 Å². The summed E-state index contributed by atoms with van der Waals surface area (Å²) in [4.78, 5) is 12.7. The van der Waals surface area contributed by atoms with Gasteiger partial charge in [-0.1, -0.05) is 29.3 Å². The highest BCUT2D eigenvalue weighted by Gasteiger charge is 2.26. The molecule has 2 N–H and O–H groups in total. The second-order valence-electron chi connectivity index (χ2n) is 7.72. The van der Waals surface area contributed by atoms with Gasteiger partial charge in [0.1, 0.15) is 6.54 Å². The minimum absolute atomic E-state index is 0.0210. The van der Waals surface area contributed by atoms with E-state index in [9.17, 15) is 21.6 Å². The van der Waals surface area contributed by atoms with E-state index in [0.717, 1.165) is 4.31 Å². The molecule has 3 aromatic rings. The summed E-state index contributed by atoms with van der Waals surface area (Å²) in [7, 11) is -7.81. The van der Waals surface area contributed by atoms with Crippen molar-refractivity contribution in [3.05, 3.63) is 70.7 Å². The van der Waals surface area contributed by atoms with Gasteiger partial charge in [-0.15, -0.1) is 0 Å². The predicted molar refractivity (Wildman–Crippen MR) is 142 cm³/mol. The van der Waals surface area contributed by atoms with Gasteiger partial charge in [-0.05, 0) is 55.5 Å². The number of carbonyl (C=O) groups excluding carboxylic acids is 1. The van der Waals surface area contributed by atoms with E-state index >= 15 is 0 Å². The van der Waals surface area contributed by atoms with Gasteiger partial charge in [-0.3, -0.25) is 13.8 Å². The molecule has 0 spiro atoms. The molecule has 1 amide bonds. The lowest BCUT2D eigenvalue weighted by Crippen LogP contribution is -2.39. The molecule has 0 fully saturated rings. The Morgan fingerprint density at radius 1 is 0.973 bits per heavy atom. The normalized spacial score (nSPS) is 12.7. The number of fused-ring (bicyclic) bond motifs is 1. The first-order valence-electron chi connectivity index (χ1n) is 10.8. The Hall–Kier alpha value is -3.19. The average molecular weight is 586 g/mol. The van der Waals surface area contributed by atoms with Crippen LogP contribution in [0.25, 0.3) is 0 Å². The van der Waals surface area contributed by atoms with Crippen molar-refractivity contribution in [2.75, 3.05) is 33.4 Å². The van der Waals surface area contributed by atoms with Crippen molar-refractivity contribution in [3.63, 3.8) is 0 Å². The fourth-order valence-electron chi connectivity index (χ4n) is 3.38. The summed E-state index contributed by atoms with van der Waals surface area (Å²) in [6.45, 7) is 0.981. The van der Waals surface area contributed by atoms with Crippen LogP contribution in [-0.2, 0) is 24.8 Å². The molecule has 1 heterocycles. The Balaban J connectivity index is 1.48. The number of halogens is 2. The molecular formula is C23H21Cl2N3O7S2.